The molecule has 0 saturated heterocycles. The number of ether oxygens (including phenoxy) is 2. The molecule has 0 aliphatic rings. The average molecular weight is 230 g/mol. The second-order valence-corrected chi connectivity index (χ2v) is 3.22. The van der Waals surface area contributed by atoms with Crippen LogP contribution in [-0.2, 0) is 11.3 Å². The van der Waals surface area contributed by atoms with Gasteiger partial charge in [-0.05, 0) is 0 Å². The highest BCUT2D eigenvalue weighted by molar-refractivity contribution is 7.80. The van der Waals surface area contributed by atoms with E-state index >= 15 is 0 Å². The van der Waals surface area contributed by atoms with Crippen molar-refractivity contribution in [2.45, 2.75) is 6.54 Å². The third kappa shape index (κ3) is 3.93. The molecule has 0 atom stereocenters. The Morgan fingerprint density at radius 2 is 2.27 bits per heavy atom. The standard InChI is InChI=1S/C9H14N2O3S/c1-13-8-2-3-9(12)11(10-8)4-5-14-6-7-15/h2-3,15H,4-7H2,1H3. The zero-order valence-electron chi connectivity index (χ0n) is 8.55. The van der Waals surface area contributed by atoms with Crippen LogP contribution in [0.2, 0.25) is 0 Å². The van der Waals surface area contributed by atoms with Crippen molar-refractivity contribution in [1.29, 1.82) is 0 Å². The highest BCUT2D eigenvalue weighted by Crippen LogP contribution is 1.98. The summed E-state index contributed by atoms with van der Waals surface area (Å²) in [6.45, 7) is 1.44. The summed E-state index contributed by atoms with van der Waals surface area (Å²) in [6.07, 6.45) is 0. The van der Waals surface area contributed by atoms with E-state index in [2.05, 4.69) is 17.7 Å². The van der Waals surface area contributed by atoms with Crippen LogP contribution in [0.3, 0.4) is 0 Å². The van der Waals surface area contributed by atoms with Crippen molar-refractivity contribution >= 4 is 12.6 Å². The van der Waals surface area contributed by atoms with Gasteiger partial charge in [0.1, 0.15) is 0 Å². The zero-order chi connectivity index (χ0) is 11.1. The molecule has 0 aliphatic carbocycles. The molecule has 1 rings (SSSR count). The third-order valence-electron chi connectivity index (χ3n) is 1.73. The topological polar surface area (TPSA) is 53.4 Å². The van der Waals surface area contributed by atoms with Crippen LogP contribution in [0.15, 0.2) is 16.9 Å². The van der Waals surface area contributed by atoms with Gasteiger partial charge in [0.15, 0.2) is 0 Å². The number of methoxy groups -OCH3 is 1. The van der Waals surface area contributed by atoms with Crippen molar-refractivity contribution in [3.63, 3.8) is 0 Å². The molecule has 0 N–H and O–H groups in total. The van der Waals surface area contributed by atoms with Crippen molar-refractivity contribution in [2.24, 2.45) is 0 Å². The first-order valence-corrected chi connectivity index (χ1v) is 5.22. The van der Waals surface area contributed by atoms with Crippen molar-refractivity contribution in [2.75, 3.05) is 26.1 Å². The predicted molar refractivity (Wildman–Crippen MR) is 59.7 cm³/mol. The van der Waals surface area contributed by atoms with Crippen LogP contribution in [0.25, 0.3) is 0 Å². The van der Waals surface area contributed by atoms with E-state index in [9.17, 15) is 4.79 Å². The van der Waals surface area contributed by atoms with Crippen LogP contribution in [-0.4, -0.2) is 35.9 Å². The molecule has 0 saturated carbocycles. The fourth-order valence-corrected chi connectivity index (χ4v) is 1.15. The van der Waals surface area contributed by atoms with Gasteiger partial charge < -0.3 is 9.47 Å². The molecule has 1 heterocycles. The summed E-state index contributed by atoms with van der Waals surface area (Å²) >= 11 is 4.00. The molecule has 0 spiro atoms. The molecule has 1 aromatic rings. The number of hydrogen-bond donors (Lipinski definition) is 1. The van der Waals surface area contributed by atoms with Gasteiger partial charge in [-0.3, -0.25) is 4.79 Å². The Balaban J connectivity index is 2.55. The molecule has 0 bridgehead atoms. The Morgan fingerprint density at radius 1 is 1.47 bits per heavy atom. The predicted octanol–water partition coefficient (Wildman–Crippen LogP) is 0.198. The Bertz CT molecular complexity index is 353. The highest BCUT2D eigenvalue weighted by Gasteiger charge is 1.99. The molecule has 0 fully saturated rings. The van der Waals surface area contributed by atoms with Gasteiger partial charge in [-0.15, -0.1) is 5.10 Å². The van der Waals surface area contributed by atoms with Crippen LogP contribution in [0.4, 0.5) is 0 Å². The summed E-state index contributed by atoms with van der Waals surface area (Å²) in [5, 5.41) is 3.97. The number of rotatable bonds is 6. The van der Waals surface area contributed by atoms with Crippen LogP contribution < -0.4 is 10.3 Å². The van der Waals surface area contributed by atoms with Crippen molar-refractivity contribution in [3.05, 3.63) is 22.5 Å². The molecule has 84 valence electrons. The van der Waals surface area contributed by atoms with Gasteiger partial charge in [-0.25, -0.2) is 4.68 Å². The molecular formula is C9H14N2O3S. The SMILES string of the molecule is COc1ccc(=O)n(CCOCCS)n1. The minimum absolute atomic E-state index is 0.162. The molecule has 0 radical (unpaired) electrons. The second kappa shape index (κ2) is 6.47. The first-order valence-electron chi connectivity index (χ1n) is 4.58. The number of aromatic nitrogens is 2. The lowest BCUT2D eigenvalue weighted by Crippen LogP contribution is -2.24. The smallest absolute Gasteiger partial charge is 0.267 e. The maximum Gasteiger partial charge on any atom is 0.267 e. The van der Waals surface area contributed by atoms with E-state index in [-0.39, 0.29) is 5.56 Å². The van der Waals surface area contributed by atoms with E-state index in [4.69, 9.17) is 9.47 Å². The molecule has 0 amide bonds. The van der Waals surface area contributed by atoms with Crippen LogP contribution >= 0.6 is 12.6 Å². The van der Waals surface area contributed by atoms with E-state index in [1.807, 2.05) is 0 Å². The van der Waals surface area contributed by atoms with Crippen molar-refractivity contribution < 1.29 is 9.47 Å². The number of hydrogen-bond acceptors (Lipinski definition) is 5. The lowest BCUT2D eigenvalue weighted by molar-refractivity contribution is 0.137. The first kappa shape index (κ1) is 12.1. The summed E-state index contributed by atoms with van der Waals surface area (Å²) in [6, 6.07) is 2.96. The molecule has 6 heteroatoms. The fraction of sp³-hybridized carbons (Fsp3) is 0.556. The Labute approximate surface area is 93.4 Å². The zero-order valence-corrected chi connectivity index (χ0v) is 9.44. The number of nitrogens with zero attached hydrogens (tertiary/aromatic N) is 2. The molecule has 0 aliphatic heterocycles. The minimum atomic E-state index is -0.162. The third-order valence-corrected chi connectivity index (χ3v) is 1.92. The molecule has 0 aromatic carbocycles. The van der Waals surface area contributed by atoms with E-state index < -0.39 is 0 Å². The summed E-state index contributed by atoms with van der Waals surface area (Å²) in [4.78, 5) is 11.3. The Kier molecular flexibility index (Phi) is 5.20. The lowest BCUT2D eigenvalue weighted by atomic mass is 10.5. The van der Waals surface area contributed by atoms with Crippen molar-refractivity contribution in [3.8, 4) is 5.88 Å². The van der Waals surface area contributed by atoms with Crippen molar-refractivity contribution in [1.82, 2.24) is 9.78 Å². The molecule has 15 heavy (non-hydrogen) atoms. The quantitative estimate of drug-likeness (QED) is 0.560. The van der Waals surface area contributed by atoms with Gasteiger partial charge in [0, 0.05) is 17.9 Å². The molecular weight excluding hydrogens is 216 g/mol. The monoisotopic (exact) mass is 230 g/mol. The largest absolute Gasteiger partial charge is 0.480 e. The average Bonchev–Trinajstić information content (AvgIpc) is 2.26. The second-order valence-electron chi connectivity index (χ2n) is 2.77. The van der Waals surface area contributed by atoms with Gasteiger partial charge in [0.2, 0.25) is 5.88 Å². The minimum Gasteiger partial charge on any atom is -0.480 e. The highest BCUT2D eigenvalue weighted by atomic mass is 32.1. The Morgan fingerprint density at radius 3 is 2.93 bits per heavy atom. The summed E-state index contributed by atoms with van der Waals surface area (Å²) < 4.78 is 11.4. The van der Waals surface area contributed by atoms with Crippen LogP contribution in [0, 0.1) is 0 Å². The summed E-state index contributed by atoms with van der Waals surface area (Å²) in [7, 11) is 1.51. The van der Waals surface area contributed by atoms with E-state index in [1.165, 1.54) is 23.9 Å². The summed E-state index contributed by atoms with van der Waals surface area (Å²) in [5.41, 5.74) is -0.162. The number of thiol groups is 1. The Hall–Kier alpha value is -1.01. The van der Waals surface area contributed by atoms with Gasteiger partial charge in [0.25, 0.3) is 5.56 Å². The maximum absolute atomic E-state index is 11.3. The fourth-order valence-electron chi connectivity index (χ4n) is 1.02. The van der Waals surface area contributed by atoms with Gasteiger partial charge in [0.05, 0.1) is 26.9 Å². The molecule has 5 nitrogen and oxygen atoms in total. The van der Waals surface area contributed by atoms with Crippen LogP contribution in [0.1, 0.15) is 0 Å². The summed E-state index contributed by atoms with van der Waals surface area (Å²) in [5.74, 6) is 1.09. The van der Waals surface area contributed by atoms with Crippen LogP contribution in [0.5, 0.6) is 5.88 Å². The van der Waals surface area contributed by atoms with Gasteiger partial charge >= 0.3 is 0 Å². The maximum atomic E-state index is 11.3. The van der Waals surface area contributed by atoms with Gasteiger partial charge in [-0.1, -0.05) is 0 Å². The molecule has 0 unspecified atom stereocenters. The first-order chi connectivity index (χ1) is 7.27. The lowest BCUT2D eigenvalue weighted by Gasteiger charge is -2.06. The van der Waals surface area contributed by atoms with Gasteiger partial charge in [-0.2, -0.15) is 12.6 Å². The molecule has 1 aromatic heterocycles. The normalized spacial score (nSPS) is 10.3. The van der Waals surface area contributed by atoms with E-state index in [0.717, 1.165) is 0 Å². The van der Waals surface area contributed by atoms with E-state index in [1.54, 1.807) is 0 Å². The van der Waals surface area contributed by atoms with E-state index in [0.29, 0.717) is 31.4 Å².